The number of carbonyl (C=O) groups is 2. The van der Waals surface area contributed by atoms with Gasteiger partial charge < -0.3 is 14.5 Å². The molecule has 24 heavy (non-hydrogen) atoms. The molecule has 3 atom stereocenters. The van der Waals surface area contributed by atoms with Gasteiger partial charge in [-0.15, -0.1) is 11.3 Å². The quantitative estimate of drug-likeness (QED) is 0.824. The third-order valence-corrected chi connectivity index (χ3v) is 6.89. The van der Waals surface area contributed by atoms with E-state index in [2.05, 4.69) is 0 Å². The molecule has 4 heterocycles. The van der Waals surface area contributed by atoms with Crippen molar-refractivity contribution in [3.8, 4) is 0 Å². The fourth-order valence-electron chi connectivity index (χ4n) is 4.47. The van der Waals surface area contributed by atoms with Gasteiger partial charge in [-0.25, -0.2) is 0 Å². The van der Waals surface area contributed by atoms with Crippen molar-refractivity contribution in [3.63, 3.8) is 0 Å². The number of nitrogens with zero attached hydrogens (tertiary/aromatic N) is 2. The maximum absolute atomic E-state index is 13.3. The predicted molar refractivity (Wildman–Crippen MR) is 91.6 cm³/mol. The van der Waals surface area contributed by atoms with E-state index < -0.39 is 0 Å². The molecule has 0 radical (unpaired) electrons. The Morgan fingerprint density at radius 1 is 1.42 bits per heavy atom. The molecule has 0 bridgehead atoms. The Balaban J connectivity index is 1.55. The van der Waals surface area contributed by atoms with Crippen LogP contribution in [-0.4, -0.2) is 55.0 Å². The van der Waals surface area contributed by atoms with Gasteiger partial charge in [0.15, 0.2) is 0 Å². The first-order chi connectivity index (χ1) is 11.6. The van der Waals surface area contributed by atoms with Crippen LogP contribution in [0.4, 0.5) is 0 Å². The largest absolute Gasteiger partial charge is 0.381 e. The molecule has 2 amide bonds. The van der Waals surface area contributed by atoms with Crippen LogP contribution in [0, 0.1) is 11.3 Å². The van der Waals surface area contributed by atoms with Gasteiger partial charge in [0.1, 0.15) is 0 Å². The molecule has 3 aliphatic heterocycles. The Kier molecular flexibility index (Phi) is 4.12. The summed E-state index contributed by atoms with van der Waals surface area (Å²) >= 11 is 1.63. The maximum Gasteiger partial charge on any atom is 0.228 e. The smallest absolute Gasteiger partial charge is 0.228 e. The molecule has 3 fully saturated rings. The van der Waals surface area contributed by atoms with Crippen molar-refractivity contribution >= 4 is 23.2 Å². The molecule has 0 aliphatic carbocycles. The van der Waals surface area contributed by atoms with Gasteiger partial charge in [-0.05, 0) is 30.7 Å². The zero-order valence-electron chi connectivity index (χ0n) is 14.1. The van der Waals surface area contributed by atoms with E-state index in [1.807, 2.05) is 29.5 Å². The highest BCUT2D eigenvalue weighted by atomic mass is 32.1. The molecule has 5 nitrogen and oxygen atoms in total. The minimum absolute atomic E-state index is 0.116. The monoisotopic (exact) mass is 348 g/mol. The van der Waals surface area contributed by atoms with E-state index in [1.54, 1.807) is 16.2 Å². The molecule has 3 aliphatic rings. The second-order valence-corrected chi connectivity index (χ2v) is 8.40. The Bertz CT molecular complexity index is 624. The van der Waals surface area contributed by atoms with E-state index in [0.717, 1.165) is 44.0 Å². The van der Waals surface area contributed by atoms with Gasteiger partial charge in [0.2, 0.25) is 11.8 Å². The molecule has 0 aromatic carbocycles. The number of carbonyl (C=O) groups excluding carboxylic acids is 2. The average Bonchev–Trinajstić information content (AvgIpc) is 3.33. The van der Waals surface area contributed by atoms with Gasteiger partial charge in [0.25, 0.3) is 0 Å². The van der Waals surface area contributed by atoms with Crippen molar-refractivity contribution in [2.75, 3.05) is 33.4 Å². The number of ether oxygens (including phenoxy) is 1. The van der Waals surface area contributed by atoms with Crippen molar-refractivity contribution in [2.24, 2.45) is 11.3 Å². The van der Waals surface area contributed by atoms with Gasteiger partial charge in [-0.2, -0.15) is 0 Å². The Morgan fingerprint density at radius 3 is 3.00 bits per heavy atom. The van der Waals surface area contributed by atoms with E-state index in [0.29, 0.717) is 12.8 Å². The maximum atomic E-state index is 13.3. The number of hydrogen-bond acceptors (Lipinski definition) is 4. The highest BCUT2D eigenvalue weighted by Crippen LogP contribution is 2.42. The summed E-state index contributed by atoms with van der Waals surface area (Å²) in [5, 5.41) is 2.02. The lowest BCUT2D eigenvalue weighted by Crippen LogP contribution is -2.47. The predicted octanol–water partition coefficient (Wildman–Crippen LogP) is 2.30. The third-order valence-electron chi connectivity index (χ3n) is 5.95. The molecule has 1 aromatic rings. The number of likely N-dealkylation sites (tertiary alicyclic amines) is 2. The molecule has 0 unspecified atom stereocenters. The summed E-state index contributed by atoms with van der Waals surface area (Å²) in [5.74, 6) is 0.236. The van der Waals surface area contributed by atoms with Gasteiger partial charge in [-0.3, -0.25) is 9.59 Å². The van der Waals surface area contributed by atoms with Crippen LogP contribution < -0.4 is 0 Å². The minimum atomic E-state index is -0.121. The first kappa shape index (κ1) is 16.1. The lowest BCUT2D eigenvalue weighted by molar-refractivity contribution is -0.146. The fourth-order valence-corrected chi connectivity index (χ4v) is 5.41. The number of rotatable bonds is 2. The van der Waals surface area contributed by atoms with Crippen LogP contribution in [0.2, 0.25) is 0 Å². The topological polar surface area (TPSA) is 49.9 Å². The van der Waals surface area contributed by atoms with Crippen LogP contribution in [0.5, 0.6) is 0 Å². The molecular weight excluding hydrogens is 324 g/mol. The minimum Gasteiger partial charge on any atom is -0.381 e. The van der Waals surface area contributed by atoms with Gasteiger partial charge in [0.05, 0.1) is 18.6 Å². The fraction of sp³-hybridized carbons (Fsp3) is 0.667. The summed E-state index contributed by atoms with van der Waals surface area (Å²) in [6.07, 6.45) is 3.24. The highest BCUT2D eigenvalue weighted by molar-refractivity contribution is 7.10. The van der Waals surface area contributed by atoms with E-state index >= 15 is 0 Å². The summed E-state index contributed by atoms with van der Waals surface area (Å²) in [6, 6.07) is 3.92. The molecular formula is C18H24N2O3S. The zero-order chi connectivity index (χ0) is 16.7. The van der Waals surface area contributed by atoms with Gasteiger partial charge >= 0.3 is 0 Å². The van der Waals surface area contributed by atoms with Crippen molar-refractivity contribution in [3.05, 3.63) is 22.4 Å². The summed E-state index contributed by atoms with van der Waals surface area (Å²) in [6.45, 7) is 3.25. The number of thiophene rings is 1. The Hall–Kier alpha value is -1.40. The average molecular weight is 348 g/mol. The van der Waals surface area contributed by atoms with E-state index in [4.69, 9.17) is 4.74 Å². The molecule has 6 heteroatoms. The van der Waals surface area contributed by atoms with Crippen molar-refractivity contribution in [2.45, 2.75) is 31.7 Å². The van der Waals surface area contributed by atoms with Crippen LogP contribution in [0.3, 0.4) is 0 Å². The molecule has 4 rings (SSSR count). The van der Waals surface area contributed by atoms with Crippen molar-refractivity contribution in [1.29, 1.82) is 0 Å². The number of piperidine rings is 1. The standard InChI is InChI=1S/C18H24N2O3S/c1-19-15(21)5-4-13(16(19)14-3-2-10-24-14)17(22)20-8-6-18(11-20)7-9-23-12-18/h2-3,10,13,16H,4-9,11-12H2,1H3/t13-,16+,18-/m0/s1. The SMILES string of the molecule is CN1C(=O)CC[C@H](C(=O)N2CC[C@]3(CCOC3)C2)[C@@H]1c1cccs1. The first-order valence-electron chi connectivity index (χ1n) is 8.75. The third kappa shape index (κ3) is 2.65. The second kappa shape index (κ2) is 6.15. The number of hydrogen-bond donors (Lipinski definition) is 0. The first-order valence-corrected chi connectivity index (χ1v) is 9.63. The second-order valence-electron chi connectivity index (χ2n) is 7.42. The Labute approximate surface area is 146 Å². The normalized spacial score (nSPS) is 33.6. The Morgan fingerprint density at radius 2 is 2.29 bits per heavy atom. The van der Waals surface area contributed by atoms with Gasteiger partial charge in [0, 0.05) is 43.5 Å². The summed E-state index contributed by atoms with van der Waals surface area (Å²) in [5.41, 5.74) is 0.185. The highest BCUT2D eigenvalue weighted by Gasteiger charge is 2.47. The molecule has 1 aromatic heterocycles. The van der Waals surface area contributed by atoms with Crippen LogP contribution in [-0.2, 0) is 14.3 Å². The number of amides is 2. The van der Waals surface area contributed by atoms with E-state index in [9.17, 15) is 9.59 Å². The van der Waals surface area contributed by atoms with Gasteiger partial charge in [-0.1, -0.05) is 6.07 Å². The molecule has 0 N–H and O–H groups in total. The lowest BCUT2D eigenvalue weighted by atomic mass is 9.85. The lowest BCUT2D eigenvalue weighted by Gasteiger charge is -2.39. The molecule has 130 valence electrons. The summed E-state index contributed by atoms with van der Waals surface area (Å²) in [4.78, 5) is 30.4. The molecule has 1 spiro atoms. The summed E-state index contributed by atoms with van der Waals surface area (Å²) in [7, 11) is 1.84. The van der Waals surface area contributed by atoms with E-state index in [1.165, 1.54) is 0 Å². The molecule has 3 saturated heterocycles. The van der Waals surface area contributed by atoms with Crippen molar-refractivity contribution in [1.82, 2.24) is 9.80 Å². The van der Waals surface area contributed by atoms with Crippen LogP contribution in [0.25, 0.3) is 0 Å². The summed E-state index contributed by atoms with van der Waals surface area (Å²) < 4.78 is 5.58. The van der Waals surface area contributed by atoms with Crippen LogP contribution >= 0.6 is 11.3 Å². The van der Waals surface area contributed by atoms with Crippen LogP contribution in [0.15, 0.2) is 17.5 Å². The van der Waals surface area contributed by atoms with Crippen molar-refractivity contribution < 1.29 is 14.3 Å². The molecule has 0 saturated carbocycles. The van der Waals surface area contributed by atoms with E-state index in [-0.39, 0.29) is 29.2 Å². The van der Waals surface area contributed by atoms with Crippen LogP contribution in [0.1, 0.15) is 36.6 Å². The zero-order valence-corrected chi connectivity index (χ0v) is 14.9.